The topological polar surface area (TPSA) is 105 Å². The Balaban J connectivity index is 1.73. The number of amides is 1. The lowest BCUT2D eigenvalue weighted by Gasteiger charge is -2.14. The number of hydrogen-bond acceptors (Lipinski definition) is 3. The summed E-state index contributed by atoms with van der Waals surface area (Å²) < 4.78 is 12.9. The molecule has 0 radical (unpaired) electrons. The first-order valence-electron chi connectivity index (χ1n) is 8.53. The summed E-state index contributed by atoms with van der Waals surface area (Å²) in [7, 11) is 0. The van der Waals surface area contributed by atoms with Gasteiger partial charge in [-0.15, -0.1) is 0 Å². The third-order valence-corrected chi connectivity index (χ3v) is 4.13. The van der Waals surface area contributed by atoms with Gasteiger partial charge in [0.2, 0.25) is 0 Å². The second kappa shape index (κ2) is 8.30. The summed E-state index contributed by atoms with van der Waals surface area (Å²) in [6, 6.07) is 16.7. The normalized spacial score (nSPS) is 12.5. The van der Waals surface area contributed by atoms with Crippen molar-refractivity contribution in [2.75, 3.05) is 0 Å². The van der Waals surface area contributed by atoms with Crippen LogP contribution in [0, 0.1) is 5.82 Å². The summed E-state index contributed by atoms with van der Waals surface area (Å²) in [4.78, 5) is 28.1. The molecule has 0 aliphatic rings. The van der Waals surface area contributed by atoms with Crippen molar-refractivity contribution in [2.45, 2.75) is 12.5 Å². The third-order valence-electron chi connectivity index (χ3n) is 4.13. The summed E-state index contributed by atoms with van der Waals surface area (Å²) in [6.07, 6.45) is -0.188. The van der Waals surface area contributed by atoms with Gasteiger partial charge in [-0.1, -0.05) is 30.3 Å². The summed E-state index contributed by atoms with van der Waals surface area (Å²) in [6.45, 7) is 0. The number of nitrogens with two attached hydrogens (primary N) is 1. The predicted octanol–water partition coefficient (Wildman–Crippen LogP) is 3.24. The van der Waals surface area contributed by atoms with Gasteiger partial charge in [0.25, 0.3) is 5.91 Å². The standard InChI is InChI=1S/C21H18FN3O3/c22-16-7-9-17(10-8-16)24-19(23)12-18(21(27)28)25-20(26)15-6-5-13-3-1-2-4-14(13)11-15/h1-11,18H,12H2,(H2,23,24)(H,25,26)(H,27,28). The lowest BCUT2D eigenvalue weighted by Crippen LogP contribution is -2.43. The number of carbonyl (C=O) groups is 2. The first-order chi connectivity index (χ1) is 13.4. The molecule has 0 bridgehead atoms. The van der Waals surface area contributed by atoms with Gasteiger partial charge in [-0.2, -0.15) is 0 Å². The van der Waals surface area contributed by atoms with Crippen LogP contribution in [0.1, 0.15) is 16.8 Å². The quantitative estimate of drug-likeness (QED) is 0.452. The van der Waals surface area contributed by atoms with E-state index in [0.717, 1.165) is 10.8 Å². The largest absolute Gasteiger partial charge is 0.480 e. The molecule has 3 aromatic rings. The molecule has 6 nitrogen and oxygen atoms in total. The van der Waals surface area contributed by atoms with E-state index in [-0.39, 0.29) is 12.3 Å². The number of nitrogens with one attached hydrogen (secondary N) is 1. The number of aliphatic carboxylic acids is 1. The van der Waals surface area contributed by atoms with Crippen LogP contribution in [-0.2, 0) is 4.79 Å². The highest BCUT2D eigenvalue weighted by Gasteiger charge is 2.22. The Morgan fingerprint density at radius 3 is 2.39 bits per heavy atom. The van der Waals surface area contributed by atoms with Crippen molar-refractivity contribution in [3.8, 4) is 0 Å². The molecule has 0 saturated carbocycles. The summed E-state index contributed by atoms with van der Waals surface area (Å²) in [5.74, 6) is -2.15. The van der Waals surface area contributed by atoms with Crippen molar-refractivity contribution in [3.63, 3.8) is 0 Å². The zero-order valence-electron chi connectivity index (χ0n) is 14.8. The van der Waals surface area contributed by atoms with Gasteiger partial charge in [0.05, 0.1) is 5.69 Å². The zero-order valence-corrected chi connectivity index (χ0v) is 14.8. The second-order valence-electron chi connectivity index (χ2n) is 6.21. The number of carbonyl (C=O) groups excluding carboxylic acids is 1. The molecule has 4 N–H and O–H groups in total. The van der Waals surface area contributed by atoms with E-state index < -0.39 is 23.7 Å². The summed E-state index contributed by atoms with van der Waals surface area (Å²) in [5, 5.41) is 13.7. The van der Waals surface area contributed by atoms with E-state index in [1.54, 1.807) is 18.2 Å². The van der Waals surface area contributed by atoms with Gasteiger partial charge in [-0.05, 0) is 47.2 Å². The number of carboxylic acid groups (broad SMARTS) is 1. The fourth-order valence-electron chi connectivity index (χ4n) is 2.71. The Bertz CT molecular complexity index is 1050. The molecule has 0 spiro atoms. The third kappa shape index (κ3) is 4.70. The van der Waals surface area contributed by atoms with E-state index in [9.17, 15) is 19.1 Å². The average molecular weight is 379 g/mol. The number of hydrogen-bond donors (Lipinski definition) is 3. The molecule has 1 unspecified atom stereocenters. The lowest BCUT2D eigenvalue weighted by molar-refractivity contribution is -0.139. The minimum atomic E-state index is -1.25. The van der Waals surface area contributed by atoms with Crippen molar-refractivity contribution in [2.24, 2.45) is 10.7 Å². The number of halogens is 1. The van der Waals surface area contributed by atoms with Crippen molar-refractivity contribution in [3.05, 3.63) is 78.1 Å². The number of carboxylic acids is 1. The fraction of sp³-hybridized carbons (Fsp3) is 0.0952. The molecule has 0 aliphatic carbocycles. The Hall–Kier alpha value is -3.74. The van der Waals surface area contributed by atoms with Crippen LogP contribution in [-0.4, -0.2) is 28.9 Å². The van der Waals surface area contributed by atoms with E-state index in [1.807, 2.05) is 24.3 Å². The number of rotatable bonds is 6. The van der Waals surface area contributed by atoms with Crippen LogP contribution in [0.15, 0.2) is 71.7 Å². The maximum absolute atomic E-state index is 12.9. The van der Waals surface area contributed by atoms with Crippen LogP contribution >= 0.6 is 0 Å². The van der Waals surface area contributed by atoms with E-state index >= 15 is 0 Å². The number of amidine groups is 1. The van der Waals surface area contributed by atoms with Gasteiger partial charge in [-0.3, -0.25) is 4.79 Å². The smallest absolute Gasteiger partial charge is 0.326 e. The van der Waals surface area contributed by atoms with Gasteiger partial charge in [0, 0.05) is 12.0 Å². The Morgan fingerprint density at radius 2 is 1.71 bits per heavy atom. The van der Waals surface area contributed by atoms with Crippen LogP contribution in [0.3, 0.4) is 0 Å². The molecule has 1 amide bonds. The number of aliphatic imine (C=N–C) groups is 1. The van der Waals surface area contributed by atoms with E-state index in [0.29, 0.717) is 11.3 Å². The van der Waals surface area contributed by atoms with Gasteiger partial charge in [0.15, 0.2) is 0 Å². The molecule has 1 atom stereocenters. The highest BCUT2D eigenvalue weighted by molar-refractivity contribution is 6.01. The Labute approximate surface area is 160 Å². The van der Waals surface area contributed by atoms with Gasteiger partial charge >= 0.3 is 5.97 Å². The van der Waals surface area contributed by atoms with Crippen LogP contribution in [0.5, 0.6) is 0 Å². The molecule has 0 fully saturated rings. The minimum Gasteiger partial charge on any atom is -0.480 e. The summed E-state index contributed by atoms with van der Waals surface area (Å²) in [5.41, 5.74) is 6.55. The number of benzene rings is 3. The lowest BCUT2D eigenvalue weighted by atomic mass is 10.1. The van der Waals surface area contributed by atoms with Crippen molar-refractivity contribution >= 4 is 34.2 Å². The summed E-state index contributed by atoms with van der Waals surface area (Å²) >= 11 is 0. The first-order valence-corrected chi connectivity index (χ1v) is 8.53. The monoisotopic (exact) mass is 379 g/mol. The molecule has 3 rings (SSSR count). The molecule has 3 aromatic carbocycles. The maximum Gasteiger partial charge on any atom is 0.326 e. The van der Waals surface area contributed by atoms with Crippen LogP contribution < -0.4 is 11.1 Å². The van der Waals surface area contributed by atoms with Crippen LogP contribution in [0.4, 0.5) is 10.1 Å². The highest BCUT2D eigenvalue weighted by Crippen LogP contribution is 2.16. The van der Waals surface area contributed by atoms with Gasteiger partial charge in [0.1, 0.15) is 17.7 Å². The highest BCUT2D eigenvalue weighted by atomic mass is 19.1. The molecule has 7 heteroatoms. The molecular formula is C21H18FN3O3. The van der Waals surface area contributed by atoms with Gasteiger partial charge in [-0.25, -0.2) is 14.2 Å². The molecule has 0 heterocycles. The van der Waals surface area contributed by atoms with E-state index in [2.05, 4.69) is 10.3 Å². The van der Waals surface area contributed by atoms with Crippen molar-refractivity contribution in [1.29, 1.82) is 0 Å². The first kappa shape index (κ1) is 19.0. The molecule has 0 aromatic heterocycles. The molecule has 0 aliphatic heterocycles. The Morgan fingerprint density at radius 1 is 1.04 bits per heavy atom. The molecular weight excluding hydrogens is 361 g/mol. The predicted molar refractivity (Wildman–Crippen MR) is 105 cm³/mol. The average Bonchev–Trinajstić information content (AvgIpc) is 2.68. The number of nitrogens with zero attached hydrogens (tertiary/aromatic N) is 1. The van der Waals surface area contributed by atoms with Gasteiger partial charge < -0.3 is 16.2 Å². The minimum absolute atomic E-state index is 0.0119. The fourth-order valence-corrected chi connectivity index (χ4v) is 2.71. The zero-order chi connectivity index (χ0) is 20.1. The SMILES string of the molecule is NC(CC(NC(=O)c1ccc2ccccc2c1)C(=O)O)=Nc1ccc(F)cc1. The van der Waals surface area contributed by atoms with E-state index in [1.165, 1.54) is 24.3 Å². The van der Waals surface area contributed by atoms with Crippen LogP contribution in [0.2, 0.25) is 0 Å². The molecule has 28 heavy (non-hydrogen) atoms. The van der Waals surface area contributed by atoms with Crippen molar-refractivity contribution in [1.82, 2.24) is 5.32 Å². The molecule has 142 valence electrons. The van der Waals surface area contributed by atoms with Crippen LogP contribution in [0.25, 0.3) is 10.8 Å². The second-order valence-corrected chi connectivity index (χ2v) is 6.21. The van der Waals surface area contributed by atoms with Crippen molar-refractivity contribution < 1.29 is 19.1 Å². The van der Waals surface area contributed by atoms with E-state index in [4.69, 9.17) is 5.73 Å². The Kier molecular flexibility index (Phi) is 5.64. The maximum atomic E-state index is 12.9. The number of fused-ring (bicyclic) bond motifs is 1. The molecule has 0 saturated heterocycles.